The van der Waals surface area contributed by atoms with Crippen molar-refractivity contribution in [2.75, 3.05) is 24.3 Å². The molecule has 0 aromatic heterocycles. The maximum Gasteiger partial charge on any atom is 0.322 e. The molecule has 0 heterocycles. The normalized spacial score (nSPS) is 10.2. The zero-order chi connectivity index (χ0) is 27.1. The monoisotopic (exact) mass is 509 g/mol. The Morgan fingerprint density at radius 2 is 1.38 bits per heavy atom. The lowest BCUT2D eigenvalue weighted by Gasteiger charge is -2.11. The minimum absolute atomic E-state index is 0.125. The van der Waals surface area contributed by atoms with Crippen molar-refractivity contribution < 1.29 is 34.1 Å². The lowest BCUT2D eigenvalue weighted by molar-refractivity contribution is -0.392. The van der Waals surface area contributed by atoms with E-state index in [4.69, 9.17) is 9.84 Å². The number of nitro benzene ring substituents is 2. The second-order valence-corrected chi connectivity index (χ2v) is 7.37. The van der Waals surface area contributed by atoms with Gasteiger partial charge in [-0.25, -0.2) is 0 Å². The Balaban J connectivity index is 1.87. The summed E-state index contributed by atoms with van der Waals surface area (Å²) in [4.78, 5) is 57.0. The molecule has 0 atom stereocenters. The van der Waals surface area contributed by atoms with Crippen LogP contribution in [0.3, 0.4) is 0 Å². The average molecular weight is 509 g/mol. The fraction of sp³-hybridized carbons (Fsp3) is 0.0870. The zero-order valence-corrected chi connectivity index (χ0v) is 19.1. The second kappa shape index (κ2) is 11.3. The van der Waals surface area contributed by atoms with Crippen LogP contribution in [0, 0.1) is 20.2 Å². The average Bonchev–Trinajstić information content (AvgIpc) is 2.87. The summed E-state index contributed by atoms with van der Waals surface area (Å²) in [6, 6.07) is 13.3. The first kappa shape index (κ1) is 26.1. The van der Waals surface area contributed by atoms with Crippen LogP contribution in [0.2, 0.25) is 0 Å². The molecule has 0 bridgehead atoms. The smallest absolute Gasteiger partial charge is 0.322 e. The Labute approximate surface area is 208 Å². The van der Waals surface area contributed by atoms with Gasteiger partial charge >= 0.3 is 17.3 Å². The first-order chi connectivity index (χ1) is 17.6. The van der Waals surface area contributed by atoms with Crippen LogP contribution < -0.4 is 20.7 Å². The number of benzene rings is 3. The fourth-order valence-electron chi connectivity index (χ4n) is 3.14. The van der Waals surface area contributed by atoms with E-state index in [1.165, 1.54) is 43.5 Å². The number of ether oxygens (including phenoxy) is 1. The third-order valence-corrected chi connectivity index (χ3v) is 4.92. The molecule has 0 radical (unpaired) electrons. The van der Waals surface area contributed by atoms with Gasteiger partial charge in [-0.3, -0.25) is 34.6 Å². The third kappa shape index (κ3) is 6.54. The number of carboxylic acid groups (broad SMARTS) is 1. The molecule has 0 saturated heterocycles. The van der Waals surface area contributed by atoms with Crippen LogP contribution >= 0.6 is 0 Å². The van der Waals surface area contributed by atoms with Gasteiger partial charge in [0.25, 0.3) is 11.8 Å². The molecule has 0 fully saturated rings. The van der Waals surface area contributed by atoms with E-state index in [0.29, 0.717) is 11.4 Å². The quantitative estimate of drug-likeness (QED) is 0.232. The van der Waals surface area contributed by atoms with Crippen molar-refractivity contribution in [3.8, 4) is 5.75 Å². The van der Waals surface area contributed by atoms with Gasteiger partial charge in [0.05, 0.1) is 22.5 Å². The highest BCUT2D eigenvalue weighted by Gasteiger charge is 2.29. The molecule has 0 aliphatic carbocycles. The largest absolute Gasteiger partial charge is 0.497 e. The summed E-state index contributed by atoms with van der Waals surface area (Å²) in [5, 5.41) is 39.4. The van der Waals surface area contributed by atoms with E-state index in [9.17, 15) is 34.6 Å². The van der Waals surface area contributed by atoms with Crippen molar-refractivity contribution in [2.45, 2.75) is 0 Å². The number of hydrogen-bond acceptors (Lipinski definition) is 9. The van der Waals surface area contributed by atoms with Crippen LogP contribution in [0.15, 0.2) is 60.7 Å². The number of nitrogens with zero attached hydrogens (tertiary/aromatic N) is 2. The molecule has 0 spiro atoms. The highest BCUT2D eigenvalue weighted by Crippen LogP contribution is 2.38. The molecule has 3 aromatic rings. The molecular weight excluding hydrogens is 490 g/mol. The highest BCUT2D eigenvalue weighted by atomic mass is 16.6. The summed E-state index contributed by atoms with van der Waals surface area (Å²) in [5.41, 5.74) is -1.52. The van der Waals surface area contributed by atoms with E-state index in [-0.39, 0.29) is 16.8 Å². The van der Waals surface area contributed by atoms with Crippen LogP contribution in [-0.2, 0) is 4.79 Å². The van der Waals surface area contributed by atoms with Gasteiger partial charge in [-0.2, -0.15) is 0 Å². The van der Waals surface area contributed by atoms with Gasteiger partial charge < -0.3 is 25.8 Å². The van der Waals surface area contributed by atoms with Crippen molar-refractivity contribution in [1.29, 1.82) is 0 Å². The Bertz CT molecular complexity index is 1340. The summed E-state index contributed by atoms with van der Waals surface area (Å²) in [6.07, 6.45) is 0. The molecule has 3 aromatic carbocycles. The van der Waals surface area contributed by atoms with Crippen molar-refractivity contribution in [1.82, 2.24) is 5.32 Å². The van der Waals surface area contributed by atoms with Crippen molar-refractivity contribution in [3.63, 3.8) is 0 Å². The van der Waals surface area contributed by atoms with Gasteiger partial charge in [0.15, 0.2) is 5.69 Å². The molecule has 0 saturated carbocycles. The van der Waals surface area contributed by atoms with Gasteiger partial charge in [0.1, 0.15) is 12.3 Å². The van der Waals surface area contributed by atoms with E-state index in [1.807, 2.05) is 0 Å². The minimum Gasteiger partial charge on any atom is -0.497 e. The van der Waals surface area contributed by atoms with E-state index < -0.39 is 51.2 Å². The van der Waals surface area contributed by atoms with Crippen LogP contribution in [0.4, 0.5) is 28.4 Å². The molecule has 3 rings (SSSR count). The molecule has 0 unspecified atom stereocenters. The first-order valence-corrected chi connectivity index (χ1v) is 10.4. The predicted octanol–water partition coefficient (Wildman–Crippen LogP) is 3.32. The van der Waals surface area contributed by atoms with E-state index >= 15 is 0 Å². The number of nitrogens with one attached hydrogen (secondary N) is 3. The fourth-order valence-corrected chi connectivity index (χ4v) is 3.14. The minimum atomic E-state index is -1.22. The molecular formula is C23H19N5O9. The van der Waals surface area contributed by atoms with Gasteiger partial charge in [-0.05, 0) is 48.5 Å². The maximum absolute atomic E-state index is 12.8. The standard InChI is InChI=1S/C23H19N5O9/c1-37-17-8-6-15(7-9-17)25-21-18(27(33)34)10-14(11-19(21)28(35)36)23(32)26-16-4-2-13(3-5-16)22(31)24-12-20(29)30/h2-11,25H,12H2,1H3,(H,24,31)(H,26,32)(H,29,30). The van der Waals surface area contributed by atoms with E-state index in [2.05, 4.69) is 16.0 Å². The number of nitro groups is 2. The van der Waals surface area contributed by atoms with Gasteiger partial charge in [0, 0.05) is 29.1 Å². The van der Waals surface area contributed by atoms with Crippen molar-refractivity contribution in [3.05, 3.63) is 92.0 Å². The van der Waals surface area contributed by atoms with Gasteiger partial charge in [-0.1, -0.05) is 0 Å². The maximum atomic E-state index is 12.8. The molecule has 190 valence electrons. The number of methoxy groups -OCH3 is 1. The zero-order valence-electron chi connectivity index (χ0n) is 19.1. The molecule has 14 nitrogen and oxygen atoms in total. The Hall–Kier alpha value is -5.53. The highest BCUT2D eigenvalue weighted by molar-refractivity contribution is 6.06. The third-order valence-electron chi connectivity index (χ3n) is 4.92. The lowest BCUT2D eigenvalue weighted by atomic mass is 10.1. The van der Waals surface area contributed by atoms with Gasteiger partial charge in [0.2, 0.25) is 0 Å². The predicted molar refractivity (Wildman–Crippen MR) is 130 cm³/mol. The lowest BCUT2D eigenvalue weighted by Crippen LogP contribution is -2.29. The SMILES string of the molecule is COc1ccc(Nc2c([N+](=O)[O-])cc(C(=O)Nc3ccc(C(=O)NCC(=O)O)cc3)cc2[N+](=O)[O-])cc1. The molecule has 2 amide bonds. The number of rotatable bonds is 10. The second-order valence-electron chi connectivity index (χ2n) is 7.37. The number of anilines is 3. The number of aliphatic carboxylic acids is 1. The van der Waals surface area contributed by atoms with Crippen LogP contribution in [-0.4, -0.2) is 46.4 Å². The summed E-state index contributed by atoms with van der Waals surface area (Å²) < 4.78 is 5.04. The molecule has 0 aliphatic heterocycles. The Morgan fingerprint density at radius 3 is 1.86 bits per heavy atom. The van der Waals surface area contributed by atoms with Crippen LogP contribution in [0.1, 0.15) is 20.7 Å². The van der Waals surface area contributed by atoms with Crippen molar-refractivity contribution in [2.24, 2.45) is 0 Å². The van der Waals surface area contributed by atoms with Crippen LogP contribution in [0.5, 0.6) is 5.75 Å². The summed E-state index contributed by atoms with van der Waals surface area (Å²) in [6.45, 7) is -0.571. The van der Waals surface area contributed by atoms with E-state index in [1.54, 1.807) is 12.1 Å². The number of carbonyl (C=O) groups excluding carboxylic acids is 2. The summed E-state index contributed by atoms with van der Waals surface area (Å²) in [7, 11) is 1.45. The molecule has 0 aliphatic rings. The van der Waals surface area contributed by atoms with Gasteiger partial charge in [-0.15, -0.1) is 0 Å². The Morgan fingerprint density at radius 1 is 0.838 bits per heavy atom. The molecule has 14 heteroatoms. The Kier molecular flexibility index (Phi) is 7.94. The van der Waals surface area contributed by atoms with Crippen molar-refractivity contribution >= 4 is 46.2 Å². The summed E-state index contributed by atoms with van der Waals surface area (Å²) in [5.74, 6) is -2.22. The number of carbonyl (C=O) groups is 3. The number of amides is 2. The topological polar surface area (TPSA) is 203 Å². The summed E-state index contributed by atoms with van der Waals surface area (Å²) >= 11 is 0. The van der Waals surface area contributed by atoms with Crippen LogP contribution in [0.25, 0.3) is 0 Å². The number of hydrogen-bond donors (Lipinski definition) is 4. The van der Waals surface area contributed by atoms with E-state index in [0.717, 1.165) is 12.1 Å². The number of carboxylic acids is 1. The molecule has 37 heavy (non-hydrogen) atoms. The molecule has 4 N–H and O–H groups in total. The first-order valence-electron chi connectivity index (χ1n) is 10.4.